The third kappa shape index (κ3) is 5.17. The molecule has 0 bridgehead atoms. The normalized spacial score (nSPS) is 9.95. The number of nitrogens with two attached hydrogens (primary N) is 1. The van der Waals surface area contributed by atoms with Gasteiger partial charge in [0.1, 0.15) is 0 Å². The van der Waals surface area contributed by atoms with E-state index in [1.807, 2.05) is 6.92 Å². The molecule has 0 radical (unpaired) electrons. The summed E-state index contributed by atoms with van der Waals surface area (Å²) < 4.78 is 0. The number of hydrazine groups is 1. The molecule has 1 aromatic rings. The monoisotopic (exact) mass is 306 g/mol. The summed E-state index contributed by atoms with van der Waals surface area (Å²) in [5.41, 5.74) is 8.30. The highest BCUT2D eigenvalue weighted by atomic mass is 16.2. The molecule has 0 aromatic heterocycles. The summed E-state index contributed by atoms with van der Waals surface area (Å²) in [6.45, 7) is 4.05. The molecular weight excluding hydrogens is 284 g/mol. The van der Waals surface area contributed by atoms with Crippen molar-refractivity contribution in [1.82, 2.24) is 15.3 Å². The quantitative estimate of drug-likeness (QED) is 0.722. The summed E-state index contributed by atoms with van der Waals surface area (Å²) >= 11 is 0. The predicted octanol–water partition coefficient (Wildman–Crippen LogP) is -0.0129. The van der Waals surface area contributed by atoms with Crippen molar-refractivity contribution in [3.05, 3.63) is 35.9 Å². The molecule has 0 aliphatic rings. The molecule has 0 saturated carbocycles. The van der Waals surface area contributed by atoms with E-state index in [0.29, 0.717) is 18.7 Å². The first-order chi connectivity index (χ1) is 10.5. The molecular formula is C15H22N4O3. The van der Waals surface area contributed by atoms with Crippen LogP contribution in [-0.4, -0.2) is 53.8 Å². The highest BCUT2D eigenvalue weighted by Crippen LogP contribution is 2.03. The van der Waals surface area contributed by atoms with Gasteiger partial charge in [0.25, 0.3) is 5.91 Å². The van der Waals surface area contributed by atoms with E-state index < -0.39 is 0 Å². The molecule has 0 spiro atoms. The number of likely N-dealkylation sites (N-methyl/N-ethyl adjacent to an activating group) is 1. The zero-order chi connectivity index (χ0) is 16.5. The summed E-state index contributed by atoms with van der Waals surface area (Å²) in [6.07, 6.45) is 0. The van der Waals surface area contributed by atoms with Gasteiger partial charge in [0, 0.05) is 25.6 Å². The zero-order valence-electron chi connectivity index (χ0n) is 12.9. The summed E-state index contributed by atoms with van der Waals surface area (Å²) in [5, 5.41) is 1.21. The standard InChI is InChI=1S/C15H22N4O3/c1-3-18(14(21)11-16)9-10-19(17-12(2)20)15(22)13-7-5-4-6-8-13/h4-8H,3,9-11,16H2,1-2H3,(H,17,20). The van der Waals surface area contributed by atoms with Gasteiger partial charge in [-0.3, -0.25) is 19.8 Å². The van der Waals surface area contributed by atoms with Crippen LogP contribution < -0.4 is 11.2 Å². The topological polar surface area (TPSA) is 95.7 Å². The molecule has 0 fully saturated rings. The van der Waals surface area contributed by atoms with Crippen LogP contribution in [0.5, 0.6) is 0 Å². The lowest BCUT2D eigenvalue weighted by Crippen LogP contribution is -2.50. The van der Waals surface area contributed by atoms with E-state index in [1.165, 1.54) is 16.8 Å². The van der Waals surface area contributed by atoms with Crippen LogP contribution in [0.15, 0.2) is 30.3 Å². The van der Waals surface area contributed by atoms with E-state index in [4.69, 9.17) is 5.73 Å². The molecule has 3 amide bonds. The Balaban J connectivity index is 2.78. The molecule has 7 nitrogen and oxygen atoms in total. The number of nitrogens with zero attached hydrogens (tertiary/aromatic N) is 2. The summed E-state index contributed by atoms with van der Waals surface area (Å²) in [7, 11) is 0. The number of hydrogen-bond acceptors (Lipinski definition) is 4. The van der Waals surface area contributed by atoms with E-state index in [9.17, 15) is 14.4 Å². The molecule has 0 aliphatic carbocycles. The van der Waals surface area contributed by atoms with Gasteiger partial charge in [-0.25, -0.2) is 5.01 Å². The highest BCUT2D eigenvalue weighted by molar-refractivity contribution is 5.95. The molecule has 3 N–H and O–H groups in total. The summed E-state index contributed by atoms with van der Waals surface area (Å²) in [5.74, 6) is -0.873. The molecule has 1 aromatic carbocycles. The first kappa shape index (κ1) is 17.6. The lowest BCUT2D eigenvalue weighted by Gasteiger charge is -2.27. The molecule has 0 saturated heterocycles. The van der Waals surface area contributed by atoms with Crippen molar-refractivity contribution in [1.29, 1.82) is 0 Å². The first-order valence-electron chi connectivity index (χ1n) is 7.11. The van der Waals surface area contributed by atoms with Crippen LogP contribution >= 0.6 is 0 Å². The first-order valence-corrected chi connectivity index (χ1v) is 7.11. The van der Waals surface area contributed by atoms with Crippen molar-refractivity contribution in [3.63, 3.8) is 0 Å². The molecule has 120 valence electrons. The third-order valence-electron chi connectivity index (χ3n) is 3.06. The number of hydrogen-bond donors (Lipinski definition) is 2. The molecule has 0 unspecified atom stereocenters. The number of benzene rings is 1. The average molecular weight is 306 g/mol. The Bertz CT molecular complexity index is 519. The summed E-state index contributed by atoms with van der Waals surface area (Å²) in [4.78, 5) is 36.9. The SMILES string of the molecule is CCN(CCN(NC(C)=O)C(=O)c1ccccc1)C(=O)CN. The van der Waals surface area contributed by atoms with E-state index >= 15 is 0 Å². The van der Waals surface area contributed by atoms with Crippen LogP contribution in [-0.2, 0) is 9.59 Å². The van der Waals surface area contributed by atoms with Gasteiger partial charge in [-0.1, -0.05) is 18.2 Å². The molecule has 0 aliphatic heterocycles. The number of amides is 3. The Labute approximate surface area is 130 Å². The van der Waals surface area contributed by atoms with Crippen LogP contribution in [0.1, 0.15) is 24.2 Å². The minimum Gasteiger partial charge on any atom is -0.340 e. The number of carbonyl (C=O) groups excluding carboxylic acids is 3. The van der Waals surface area contributed by atoms with Crippen LogP contribution in [0, 0.1) is 0 Å². The van der Waals surface area contributed by atoms with Gasteiger partial charge >= 0.3 is 0 Å². The fourth-order valence-corrected chi connectivity index (χ4v) is 1.94. The Kier molecular flexibility index (Phi) is 7.04. The molecule has 0 heterocycles. The van der Waals surface area contributed by atoms with Crippen LogP contribution in [0.4, 0.5) is 0 Å². The number of carbonyl (C=O) groups is 3. The van der Waals surface area contributed by atoms with E-state index in [-0.39, 0.29) is 30.8 Å². The van der Waals surface area contributed by atoms with Gasteiger partial charge in [0.15, 0.2) is 0 Å². The van der Waals surface area contributed by atoms with Gasteiger partial charge in [0.2, 0.25) is 11.8 Å². The van der Waals surface area contributed by atoms with Gasteiger partial charge in [-0.2, -0.15) is 0 Å². The van der Waals surface area contributed by atoms with Crippen molar-refractivity contribution in [3.8, 4) is 0 Å². The van der Waals surface area contributed by atoms with E-state index in [1.54, 1.807) is 30.3 Å². The lowest BCUT2D eigenvalue weighted by atomic mass is 10.2. The van der Waals surface area contributed by atoms with Gasteiger partial charge < -0.3 is 10.6 Å². The second kappa shape index (κ2) is 8.78. The maximum atomic E-state index is 12.4. The largest absolute Gasteiger partial charge is 0.340 e. The Morgan fingerprint density at radius 2 is 1.77 bits per heavy atom. The predicted molar refractivity (Wildman–Crippen MR) is 82.6 cm³/mol. The van der Waals surface area contributed by atoms with E-state index in [0.717, 1.165) is 0 Å². The van der Waals surface area contributed by atoms with Crippen LogP contribution in [0.3, 0.4) is 0 Å². The Hall–Kier alpha value is -2.41. The maximum Gasteiger partial charge on any atom is 0.272 e. The van der Waals surface area contributed by atoms with Crippen molar-refractivity contribution >= 4 is 17.7 Å². The van der Waals surface area contributed by atoms with Crippen molar-refractivity contribution in [2.45, 2.75) is 13.8 Å². The lowest BCUT2D eigenvalue weighted by molar-refractivity contribution is -0.129. The highest BCUT2D eigenvalue weighted by Gasteiger charge is 2.18. The smallest absolute Gasteiger partial charge is 0.272 e. The molecule has 22 heavy (non-hydrogen) atoms. The summed E-state index contributed by atoms with van der Waals surface area (Å²) in [6, 6.07) is 8.63. The molecule has 1 rings (SSSR count). The van der Waals surface area contributed by atoms with Crippen LogP contribution in [0.2, 0.25) is 0 Å². The minimum atomic E-state index is -0.350. The zero-order valence-corrected chi connectivity index (χ0v) is 12.9. The van der Waals surface area contributed by atoms with Gasteiger partial charge in [-0.15, -0.1) is 0 Å². The van der Waals surface area contributed by atoms with Crippen molar-refractivity contribution in [2.24, 2.45) is 5.73 Å². The second-order valence-corrected chi connectivity index (χ2v) is 4.67. The average Bonchev–Trinajstić information content (AvgIpc) is 2.53. The Morgan fingerprint density at radius 3 is 2.27 bits per heavy atom. The Morgan fingerprint density at radius 1 is 1.14 bits per heavy atom. The number of rotatable bonds is 6. The number of nitrogens with one attached hydrogen (secondary N) is 1. The molecule has 0 atom stereocenters. The third-order valence-corrected chi connectivity index (χ3v) is 3.06. The fraction of sp³-hybridized carbons (Fsp3) is 0.400. The second-order valence-electron chi connectivity index (χ2n) is 4.67. The van der Waals surface area contributed by atoms with Crippen molar-refractivity contribution in [2.75, 3.05) is 26.2 Å². The van der Waals surface area contributed by atoms with E-state index in [2.05, 4.69) is 5.43 Å². The van der Waals surface area contributed by atoms with Gasteiger partial charge in [0.05, 0.1) is 13.1 Å². The van der Waals surface area contributed by atoms with Crippen LogP contribution in [0.25, 0.3) is 0 Å². The van der Waals surface area contributed by atoms with Gasteiger partial charge in [-0.05, 0) is 19.1 Å². The molecule has 7 heteroatoms. The maximum absolute atomic E-state index is 12.4. The van der Waals surface area contributed by atoms with Crippen molar-refractivity contribution < 1.29 is 14.4 Å². The minimum absolute atomic E-state index is 0.0827. The fourth-order valence-electron chi connectivity index (χ4n) is 1.94.